The first kappa shape index (κ1) is 10.9. The summed E-state index contributed by atoms with van der Waals surface area (Å²) in [6.45, 7) is 3.14. The van der Waals surface area contributed by atoms with Crippen molar-refractivity contribution in [2.75, 3.05) is 20.3 Å². The van der Waals surface area contributed by atoms with Crippen LogP contribution in [0, 0.1) is 6.92 Å². The zero-order chi connectivity index (χ0) is 10.4. The van der Waals surface area contributed by atoms with Gasteiger partial charge < -0.3 is 14.6 Å². The summed E-state index contributed by atoms with van der Waals surface area (Å²) in [5, 5.41) is 9.40. The van der Waals surface area contributed by atoms with E-state index in [1.165, 1.54) is 0 Å². The van der Waals surface area contributed by atoms with Crippen molar-refractivity contribution >= 4 is 0 Å². The molecule has 0 spiro atoms. The van der Waals surface area contributed by atoms with E-state index in [0.29, 0.717) is 13.2 Å². The second kappa shape index (κ2) is 5.50. The molecule has 0 aliphatic carbocycles. The van der Waals surface area contributed by atoms with E-state index in [-0.39, 0.29) is 5.75 Å². The summed E-state index contributed by atoms with van der Waals surface area (Å²) in [6, 6.07) is 5.27. The number of benzene rings is 1. The second-order valence-electron chi connectivity index (χ2n) is 3.10. The number of hydrogen-bond acceptors (Lipinski definition) is 3. The highest BCUT2D eigenvalue weighted by Crippen LogP contribution is 2.25. The van der Waals surface area contributed by atoms with E-state index in [9.17, 15) is 5.11 Å². The Hall–Kier alpha value is -1.22. The molecule has 0 fully saturated rings. The summed E-state index contributed by atoms with van der Waals surface area (Å²) in [7, 11) is 1.67. The molecule has 3 heteroatoms. The van der Waals surface area contributed by atoms with Crippen molar-refractivity contribution < 1.29 is 14.6 Å². The molecule has 0 unspecified atom stereocenters. The highest BCUT2D eigenvalue weighted by atomic mass is 16.5. The third-order valence-electron chi connectivity index (χ3n) is 2.01. The van der Waals surface area contributed by atoms with E-state index in [2.05, 4.69) is 0 Å². The number of hydrogen-bond donors (Lipinski definition) is 1. The molecule has 0 radical (unpaired) electrons. The van der Waals surface area contributed by atoms with Gasteiger partial charge in [-0.2, -0.15) is 0 Å². The number of rotatable bonds is 5. The van der Waals surface area contributed by atoms with Crippen molar-refractivity contribution in [1.82, 2.24) is 0 Å². The van der Waals surface area contributed by atoms with Crippen molar-refractivity contribution in [3.8, 4) is 11.5 Å². The monoisotopic (exact) mass is 196 g/mol. The summed E-state index contributed by atoms with van der Waals surface area (Å²) in [4.78, 5) is 0. The van der Waals surface area contributed by atoms with Gasteiger partial charge in [0.15, 0.2) is 0 Å². The molecule has 0 heterocycles. The Kier molecular flexibility index (Phi) is 4.26. The molecule has 14 heavy (non-hydrogen) atoms. The van der Waals surface area contributed by atoms with Crippen LogP contribution >= 0.6 is 0 Å². The van der Waals surface area contributed by atoms with Gasteiger partial charge in [0.25, 0.3) is 0 Å². The number of ether oxygens (including phenoxy) is 2. The van der Waals surface area contributed by atoms with Crippen molar-refractivity contribution in [1.29, 1.82) is 0 Å². The fourth-order valence-corrected chi connectivity index (χ4v) is 1.14. The highest BCUT2D eigenvalue weighted by Gasteiger charge is 2.02. The van der Waals surface area contributed by atoms with Crippen LogP contribution in [0.5, 0.6) is 11.5 Å². The maximum atomic E-state index is 9.40. The average molecular weight is 196 g/mol. The maximum absolute atomic E-state index is 9.40. The van der Waals surface area contributed by atoms with E-state index in [1.54, 1.807) is 19.2 Å². The molecule has 0 saturated heterocycles. The standard InChI is InChI=1S/C11H16O3/c1-9-10(12)5-3-6-11(9)14-8-4-7-13-2/h3,5-6,12H,4,7-8H2,1-2H3. The first-order valence-electron chi connectivity index (χ1n) is 4.66. The molecule has 1 rings (SSSR count). The molecule has 1 aromatic carbocycles. The van der Waals surface area contributed by atoms with Crippen molar-refractivity contribution in [3.05, 3.63) is 23.8 Å². The normalized spacial score (nSPS) is 10.1. The minimum absolute atomic E-state index is 0.272. The van der Waals surface area contributed by atoms with E-state index in [4.69, 9.17) is 9.47 Å². The molecule has 1 N–H and O–H groups in total. The van der Waals surface area contributed by atoms with Gasteiger partial charge in [-0.1, -0.05) is 6.07 Å². The summed E-state index contributed by atoms with van der Waals surface area (Å²) >= 11 is 0. The lowest BCUT2D eigenvalue weighted by atomic mass is 10.2. The second-order valence-corrected chi connectivity index (χ2v) is 3.10. The lowest BCUT2D eigenvalue weighted by Crippen LogP contribution is -2.02. The Morgan fingerprint density at radius 2 is 2.07 bits per heavy atom. The SMILES string of the molecule is COCCCOc1cccc(O)c1C. The number of methoxy groups -OCH3 is 1. The zero-order valence-electron chi connectivity index (χ0n) is 8.62. The largest absolute Gasteiger partial charge is 0.508 e. The van der Waals surface area contributed by atoms with Crippen LogP contribution in [-0.4, -0.2) is 25.4 Å². The number of phenols is 1. The number of phenolic OH excluding ortho intramolecular Hbond substituents is 1. The molecule has 0 aliphatic rings. The molecule has 78 valence electrons. The minimum atomic E-state index is 0.272. The van der Waals surface area contributed by atoms with Gasteiger partial charge in [-0.05, 0) is 19.1 Å². The Bertz CT molecular complexity index is 284. The molecule has 0 amide bonds. The molecule has 0 aliphatic heterocycles. The third kappa shape index (κ3) is 2.92. The van der Waals surface area contributed by atoms with E-state index >= 15 is 0 Å². The van der Waals surface area contributed by atoms with E-state index in [1.807, 2.05) is 13.0 Å². The van der Waals surface area contributed by atoms with Crippen LogP contribution < -0.4 is 4.74 Å². The molecule has 0 atom stereocenters. The minimum Gasteiger partial charge on any atom is -0.508 e. The van der Waals surface area contributed by atoms with Crippen LogP contribution in [0.15, 0.2) is 18.2 Å². The molecule has 0 saturated carbocycles. The van der Waals surface area contributed by atoms with Gasteiger partial charge in [0, 0.05) is 25.7 Å². The summed E-state index contributed by atoms with van der Waals surface area (Å²) < 4.78 is 10.4. The first-order valence-corrected chi connectivity index (χ1v) is 4.66. The molecule has 3 nitrogen and oxygen atoms in total. The Morgan fingerprint density at radius 1 is 1.29 bits per heavy atom. The summed E-state index contributed by atoms with van der Waals surface area (Å²) in [5.74, 6) is 1.01. The Balaban J connectivity index is 2.46. The van der Waals surface area contributed by atoms with Gasteiger partial charge in [-0.3, -0.25) is 0 Å². The van der Waals surface area contributed by atoms with Gasteiger partial charge in [-0.25, -0.2) is 0 Å². The topological polar surface area (TPSA) is 38.7 Å². The molecular formula is C11H16O3. The Morgan fingerprint density at radius 3 is 2.79 bits per heavy atom. The van der Waals surface area contributed by atoms with Crippen LogP contribution in [0.3, 0.4) is 0 Å². The van der Waals surface area contributed by atoms with E-state index < -0.39 is 0 Å². The summed E-state index contributed by atoms with van der Waals surface area (Å²) in [6.07, 6.45) is 0.853. The molecular weight excluding hydrogens is 180 g/mol. The van der Waals surface area contributed by atoms with Gasteiger partial charge in [0.1, 0.15) is 11.5 Å². The molecule has 0 bridgehead atoms. The van der Waals surface area contributed by atoms with Gasteiger partial charge in [0.05, 0.1) is 6.61 Å². The predicted octanol–water partition coefficient (Wildman–Crippen LogP) is 2.12. The fourth-order valence-electron chi connectivity index (χ4n) is 1.14. The predicted molar refractivity (Wildman–Crippen MR) is 54.8 cm³/mol. The van der Waals surface area contributed by atoms with Crippen LogP contribution in [0.1, 0.15) is 12.0 Å². The quantitative estimate of drug-likeness (QED) is 0.733. The highest BCUT2D eigenvalue weighted by molar-refractivity contribution is 5.42. The first-order chi connectivity index (χ1) is 6.75. The smallest absolute Gasteiger partial charge is 0.125 e. The average Bonchev–Trinajstić information content (AvgIpc) is 2.19. The van der Waals surface area contributed by atoms with Crippen LogP contribution in [0.2, 0.25) is 0 Å². The van der Waals surface area contributed by atoms with Gasteiger partial charge in [-0.15, -0.1) is 0 Å². The molecule has 0 aromatic heterocycles. The Labute approximate surface area is 84.3 Å². The van der Waals surface area contributed by atoms with Crippen LogP contribution in [0.25, 0.3) is 0 Å². The summed E-state index contributed by atoms with van der Waals surface area (Å²) in [5.41, 5.74) is 0.782. The zero-order valence-corrected chi connectivity index (χ0v) is 8.62. The number of aromatic hydroxyl groups is 1. The molecule has 1 aromatic rings. The van der Waals surface area contributed by atoms with Crippen LogP contribution in [-0.2, 0) is 4.74 Å². The van der Waals surface area contributed by atoms with Gasteiger partial charge in [0.2, 0.25) is 0 Å². The van der Waals surface area contributed by atoms with Gasteiger partial charge >= 0.3 is 0 Å². The van der Waals surface area contributed by atoms with Crippen molar-refractivity contribution in [3.63, 3.8) is 0 Å². The third-order valence-corrected chi connectivity index (χ3v) is 2.01. The van der Waals surface area contributed by atoms with E-state index in [0.717, 1.165) is 17.7 Å². The maximum Gasteiger partial charge on any atom is 0.125 e. The van der Waals surface area contributed by atoms with Crippen LogP contribution in [0.4, 0.5) is 0 Å². The fraction of sp³-hybridized carbons (Fsp3) is 0.455. The lowest BCUT2D eigenvalue weighted by molar-refractivity contribution is 0.172. The lowest BCUT2D eigenvalue weighted by Gasteiger charge is -2.09. The van der Waals surface area contributed by atoms with Crippen molar-refractivity contribution in [2.24, 2.45) is 0 Å². The van der Waals surface area contributed by atoms with Crippen molar-refractivity contribution in [2.45, 2.75) is 13.3 Å².